The largest absolute Gasteiger partial charge is 0.389 e. The molecule has 0 spiro atoms. The van der Waals surface area contributed by atoms with Crippen LogP contribution in [0.5, 0.6) is 0 Å². The highest BCUT2D eigenvalue weighted by atomic mass is 16.3. The van der Waals surface area contributed by atoms with E-state index in [2.05, 4.69) is 9.97 Å². The molecule has 2 atom stereocenters. The van der Waals surface area contributed by atoms with Gasteiger partial charge in [-0.05, 0) is 6.92 Å². The van der Waals surface area contributed by atoms with Crippen LogP contribution < -0.4 is 4.90 Å². The van der Waals surface area contributed by atoms with E-state index in [9.17, 15) is 10.2 Å². The van der Waals surface area contributed by atoms with Crippen molar-refractivity contribution in [2.24, 2.45) is 0 Å². The van der Waals surface area contributed by atoms with E-state index in [1.807, 2.05) is 31.7 Å². The van der Waals surface area contributed by atoms with Crippen molar-refractivity contribution in [1.29, 1.82) is 0 Å². The van der Waals surface area contributed by atoms with Crippen molar-refractivity contribution in [3.05, 3.63) is 17.6 Å². The fourth-order valence-corrected chi connectivity index (χ4v) is 1.95. The Morgan fingerprint density at radius 1 is 1.24 bits per heavy atom. The minimum Gasteiger partial charge on any atom is -0.389 e. The average Bonchev–Trinajstić information content (AvgIpc) is 2.58. The zero-order valence-corrected chi connectivity index (χ0v) is 10.5. The van der Waals surface area contributed by atoms with Crippen molar-refractivity contribution in [3.8, 4) is 0 Å². The SMILES string of the molecule is Cc1cc(N2CC(O)C(O)C2)nc(C(C)C)n1. The summed E-state index contributed by atoms with van der Waals surface area (Å²) in [7, 11) is 0. The zero-order valence-electron chi connectivity index (χ0n) is 10.5. The van der Waals surface area contributed by atoms with Gasteiger partial charge < -0.3 is 15.1 Å². The molecular weight excluding hydrogens is 218 g/mol. The monoisotopic (exact) mass is 237 g/mol. The summed E-state index contributed by atoms with van der Waals surface area (Å²) in [6.07, 6.45) is -1.37. The minimum absolute atomic E-state index is 0.270. The summed E-state index contributed by atoms with van der Waals surface area (Å²) in [4.78, 5) is 10.8. The highest BCUT2D eigenvalue weighted by Crippen LogP contribution is 2.21. The molecular formula is C12H19N3O2. The number of anilines is 1. The number of rotatable bonds is 2. The molecule has 5 heteroatoms. The first kappa shape index (κ1) is 12.3. The van der Waals surface area contributed by atoms with Crippen molar-refractivity contribution >= 4 is 5.82 Å². The Morgan fingerprint density at radius 3 is 2.35 bits per heavy atom. The number of hydrogen-bond donors (Lipinski definition) is 2. The summed E-state index contributed by atoms with van der Waals surface area (Å²) in [6, 6.07) is 1.89. The van der Waals surface area contributed by atoms with E-state index in [0.29, 0.717) is 13.1 Å². The van der Waals surface area contributed by atoms with Gasteiger partial charge in [-0.3, -0.25) is 0 Å². The highest BCUT2D eigenvalue weighted by Gasteiger charge is 2.30. The van der Waals surface area contributed by atoms with Crippen LogP contribution in [0.4, 0.5) is 5.82 Å². The third kappa shape index (κ3) is 2.56. The van der Waals surface area contributed by atoms with E-state index in [4.69, 9.17) is 0 Å². The zero-order chi connectivity index (χ0) is 12.6. The van der Waals surface area contributed by atoms with Crippen LogP contribution in [0, 0.1) is 6.92 Å². The second-order valence-corrected chi connectivity index (χ2v) is 4.92. The van der Waals surface area contributed by atoms with Crippen molar-refractivity contribution in [2.45, 2.75) is 38.9 Å². The lowest BCUT2D eigenvalue weighted by Gasteiger charge is -2.18. The van der Waals surface area contributed by atoms with E-state index in [0.717, 1.165) is 17.3 Å². The quantitative estimate of drug-likeness (QED) is 0.781. The highest BCUT2D eigenvalue weighted by molar-refractivity contribution is 5.42. The van der Waals surface area contributed by atoms with Gasteiger partial charge in [-0.2, -0.15) is 0 Å². The van der Waals surface area contributed by atoms with Crippen LogP contribution in [-0.2, 0) is 0 Å². The predicted octanol–water partition coefficient (Wildman–Crippen LogP) is 0.450. The van der Waals surface area contributed by atoms with Crippen molar-refractivity contribution in [3.63, 3.8) is 0 Å². The van der Waals surface area contributed by atoms with Gasteiger partial charge in [0.1, 0.15) is 11.6 Å². The number of hydrogen-bond acceptors (Lipinski definition) is 5. The molecule has 0 radical (unpaired) electrons. The smallest absolute Gasteiger partial charge is 0.133 e. The molecule has 0 aliphatic carbocycles. The van der Waals surface area contributed by atoms with E-state index in [1.165, 1.54) is 0 Å². The topological polar surface area (TPSA) is 69.5 Å². The first-order chi connectivity index (χ1) is 7.97. The van der Waals surface area contributed by atoms with Crippen LogP contribution in [0.15, 0.2) is 6.07 Å². The molecule has 1 saturated heterocycles. The first-order valence-corrected chi connectivity index (χ1v) is 5.94. The lowest BCUT2D eigenvalue weighted by atomic mass is 10.2. The molecule has 2 N–H and O–H groups in total. The summed E-state index contributed by atoms with van der Waals surface area (Å²) < 4.78 is 0. The Bertz CT molecular complexity index is 399. The van der Waals surface area contributed by atoms with Crippen molar-refractivity contribution in [2.75, 3.05) is 18.0 Å². The Balaban J connectivity index is 2.27. The van der Waals surface area contributed by atoms with Gasteiger partial charge in [-0.15, -0.1) is 0 Å². The summed E-state index contributed by atoms with van der Waals surface area (Å²) >= 11 is 0. The van der Waals surface area contributed by atoms with Crippen LogP contribution in [0.1, 0.15) is 31.3 Å². The fraction of sp³-hybridized carbons (Fsp3) is 0.667. The molecule has 1 fully saturated rings. The third-order valence-corrected chi connectivity index (χ3v) is 2.96. The van der Waals surface area contributed by atoms with Crippen LogP contribution in [0.2, 0.25) is 0 Å². The predicted molar refractivity (Wildman–Crippen MR) is 65.1 cm³/mol. The molecule has 17 heavy (non-hydrogen) atoms. The van der Waals surface area contributed by atoms with Gasteiger partial charge in [0, 0.05) is 30.8 Å². The number of aliphatic hydroxyl groups is 2. The molecule has 0 amide bonds. The molecule has 2 unspecified atom stereocenters. The maximum atomic E-state index is 9.54. The van der Waals surface area contributed by atoms with Gasteiger partial charge >= 0.3 is 0 Å². The number of aryl methyl sites for hydroxylation is 1. The van der Waals surface area contributed by atoms with Crippen LogP contribution in [-0.4, -0.2) is 45.5 Å². The molecule has 0 bridgehead atoms. The van der Waals surface area contributed by atoms with Crippen LogP contribution >= 0.6 is 0 Å². The van der Waals surface area contributed by atoms with Crippen molar-refractivity contribution in [1.82, 2.24) is 9.97 Å². The number of nitrogens with zero attached hydrogens (tertiary/aromatic N) is 3. The van der Waals surface area contributed by atoms with Gasteiger partial charge in [0.15, 0.2) is 0 Å². The van der Waals surface area contributed by atoms with E-state index >= 15 is 0 Å². The molecule has 94 valence electrons. The lowest BCUT2D eigenvalue weighted by Crippen LogP contribution is -2.23. The first-order valence-electron chi connectivity index (χ1n) is 5.94. The number of aliphatic hydroxyl groups excluding tert-OH is 2. The Hall–Kier alpha value is -1.20. The second kappa shape index (κ2) is 4.58. The summed E-state index contributed by atoms with van der Waals surface area (Å²) in [5.41, 5.74) is 0.912. The molecule has 1 aromatic heterocycles. The van der Waals surface area contributed by atoms with Crippen LogP contribution in [0.3, 0.4) is 0 Å². The standard InChI is InChI=1S/C12H19N3O2/c1-7(2)12-13-8(3)4-11(14-12)15-5-9(16)10(17)6-15/h4,7,9-10,16-17H,5-6H2,1-3H3. The Morgan fingerprint density at radius 2 is 1.82 bits per heavy atom. The number of β-amino-alcohol motifs (C(OH)–C–C–N with tert-alkyl or cyclic N) is 2. The van der Waals surface area contributed by atoms with Crippen molar-refractivity contribution < 1.29 is 10.2 Å². The fourth-order valence-electron chi connectivity index (χ4n) is 1.95. The van der Waals surface area contributed by atoms with E-state index in [1.54, 1.807) is 0 Å². The molecule has 1 aliphatic heterocycles. The Labute approximate surface area is 101 Å². The van der Waals surface area contributed by atoms with Gasteiger partial charge in [0.05, 0.1) is 12.2 Å². The molecule has 2 heterocycles. The van der Waals surface area contributed by atoms with Crippen LogP contribution in [0.25, 0.3) is 0 Å². The summed E-state index contributed by atoms with van der Waals surface area (Å²) in [6.45, 7) is 6.88. The summed E-state index contributed by atoms with van der Waals surface area (Å²) in [5.74, 6) is 1.86. The van der Waals surface area contributed by atoms with Gasteiger partial charge in [0.25, 0.3) is 0 Å². The maximum Gasteiger partial charge on any atom is 0.133 e. The minimum atomic E-state index is -0.687. The second-order valence-electron chi connectivity index (χ2n) is 4.92. The normalized spacial score (nSPS) is 24.7. The molecule has 1 aromatic rings. The lowest BCUT2D eigenvalue weighted by molar-refractivity contribution is 0.0572. The van der Waals surface area contributed by atoms with Gasteiger partial charge in [-0.25, -0.2) is 9.97 Å². The molecule has 5 nitrogen and oxygen atoms in total. The average molecular weight is 237 g/mol. The van der Waals surface area contributed by atoms with Gasteiger partial charge in [-0.1, -0.05) is 13.8 Å². The van der Waals surface area contributed by atoms with Gasteiger partial charge in [0.2, 0.25) is 0 Å². The maximum absolute atomic E-state index is 9.54. The number of aromatic nitrogens is 2. The summed E-state index contributed by atoms with van der Waals surface area (Å²) in [5, 5.41) is 19.1. The third-order valence-electron chi connectivity index (χ3n) is 2.96. The molecule has 2 rings (SSSR count). The van der Waals surface area contributed by atoms with E-state index < -0.39 is 12.2 Å². The molecule has 0 saturated carbocycles. The van der Waals surface area contributed by atoms with E-state index in [-0.39, 0.29) is 5.92 Å². The molecule has 1 aliphatic rings. The Kier molecular flexibility index (Phi) is 3.31. The molecule has 0 aromatic carbocycles.